The predicted octanol–water partition coefficient (Wildman–Crippen LogP) is 2.46. The Morgan fingerprint density at radius 2 is 2.09 bits per heavy atom. The van der Waals surface area contributed by atoms with Gasteiger partial charge < -0.3 is 4.74 Å². The molecule has 2 rings (SSSR count). The Morgan fingerprint density at radius 1 is 1.36 bits per heavy atom. The number of hydrogen-bond donors (Lipinski definition) is 1. The lowest BCUT2D eigenvalue weighted by Gasteiger charge is -2.11. The molecule has 1 aromatic carbocycles. The minimum Gasteiger partial charge on any atom is -0.478 e. The van der Waals surface area contributed by atoms with Crippen molar-refractivity contribution >= 4 is 39.0 Å². The Kier molecular flexibility index (Phi) is 4.71. The largest absolute Gasteiger partial charge is 0.478 e. The lowest BCUT2D eigenvalue weighted by molar-refractivity contribution is 0.398. The topological polar surface area (TPSA) is 105 Å². The van der Waals surface area contributed by atoms with Crippen molar-refractivity contribution in [2.45, 2.75) is 4.90 Å². The molecule has 0 saturated heterocycles. The normalized spacial score (nSPS) is 10.8. The highest BCUT2D eigenvalue weighted by atomic mass is 35.5. The number of benzene rings is 1. The fraction of sp³-hybridized carbons (Fsp3) is 0.0833. The molecule has 10 heteroatoms. The molecule has 22 heavy (non-hydrogen) atoms. The number of methoxy groups -OCH3 is 1. The summed E-state index contributed by atoms with van der Waals surface area (Å²) in [4.78, 5) is 7.39. The monoisotopic (exact) mass is 358 g/mol. The molecule has 1 aromatic heterocycles. The molecule has 0 saturated carbocycles. The summed E-state index contributed by atoms with van der Waals surface area (Å²) in [5.41, 5.74) is -0.0133. The van der Waals surface area contributed by atoms with Gasteiger partial charge in [0.15, 0.2) is 5.69 Å². The van der Waals surface area contributed by atoms with Crippen LogP contribution in [0.1, 0.15) is 5.69 Å². The number of ether oxygens (including phenoxy) is 1. The molecule has 0 aliphatic carbocycles. The number of nitrogens with zero attached hydrogens (tertiary/aromatic N) is 3. The smallest absolute Gasteiger partial charge is 0.264 e. The van der Waals surface area contributed by atoms with Crippen LogP contribution in [0.15, 0.2) is 29.3 Å². The fourth-order valence-electron chi connectivity index (χ4n) is 1.51. The highest BCUT2D eigenvalue weighted by molar-refractivity contribution is 7.92. The zero-order chi connectivity index (χ0) is 16.3. The zero-order valence-corrected chi connectivity index (χ0v) is 13.4. The standard InChI is InChI=1S/C12H8Cl2N4O3S/c1-21-12-11(16-6-7(5-15)17-12)18-22(19,20)9-4-2-3-8(13)10(9)14/h2-4,6H,1H3,(H,16,18). The maximum atomic E-state index is 12.4. The number of rotatable bonds is 4. The van der Waals surface area contributed by atoms with E-state index in [0.717, 1.165) is 6.20 Å². The number of hydrogen-bond acceptors (Lipinski definition) is 6. The quantitative estimate of drug-likeness (QED) is 0.899. The van der Waals surface area contributed by atoms with Crippen LogP contribution >= 0.6 is 23.2 Å². The number of aromatic nitrogens is 2. The van der Waals surface area contributed by atoms with Crippen LogP contribution in [0.3, 0.4) is 0 Å². The summed E-state index contributed by atoms with van der Waals surface area (Å²) < 4.78 is 31.8. The molecule has 1 heterocycles. The molecule has 0 aliphatic heterocycles. The minimum atomic E-state index is -4.05. The average Bonchev–Trinajstić information content (AvgIpc) is 2.49. The van der Waals surface area contributed by atoms with Gasteiger partial charge in [0.25, 0.3) is 15.9 Å². The highest BCUT2D eigenvalue weighted by Crippen LogP contribution is 2.31. The van der Waals surface area contributed by atoms with Crippen LogP contribution in [0.2, 0.25) is 10.0 Å². The van der Waals surface area contributed by atoms with Gasteiger partial charge in [0, 0.05) is 0 Å². The van der Waals surface area contributed by atoms with E-state index in [1.165, 1.54) is 25.3 Å². The fourth-order valence-corrected chi connectivity index (χ4v) is 3.28. The van der Waals surface area contributed by atoms with Crippen LogP contribution in [0.4, 0.5) is 5.82 Å². The Balaban J connectivity index is 2.46. The van der Waals surface area contributed by atoms with Crippen molar-refractivity contribution in [2.75, 3.05) is 11.8 Å². The molecular weight excluding hydrogens is 351 g/mol. The van der Waals surface area contributed by atoms with E-state index >= 15 is 0 Å². The molecule has 0 spiro atoms. The van der Waals surface area contributed by atoms with E-state index in [2.05, 4.69) is 14.7 Å². The highest BCUT2D eigenvalue weighted by Gasteiger charge is 2.22. The summed E-state index contributed by atoms with van der Waals surface area (Å²) in [7, 11) is -2.78. The maximum Gasteiger partial charge on any atom is 0.264 e. The van der Waals surface area contributed by atoms with Crippen molar-refractivity contribution in [2.24, 2.45) is 0 Å². The summed E-state index contributed by atoms with van der Waals surface area (Å²) in [5, 5.41) is 8.73. The Bertz CT molecular complexity index is 865. The van der Waals surface area contributed by atoms with Gasteiger partial charge in [-0.15, -0.1) is 0 Å². The first-order valence-corrected chi connectivity index (χ1v) is 7.91. The second-order valence-corrected chi connectivity index (χ2v) is 6.32. The van der Waals surface area contributed by atoms with Crippen molar-refractivity contribution in [1.29, 1.82) is 5.26 Å². The van der Waals surface area contributed by atoms with Crippen LogP contribution in [0.25, 0.3) is 0 Å². The van der Waals surface area contributed by atoms with E-state index in [-0.39, 0.29) is 32.3 Å². The summed E-state index contributed by atoms with van der Waals surface area (Å²) in [6.07, 6.45) is 1.11. The SMILES string of the molecule is COc1nc(C#N)cnc1NS(=O)(=O)c1cccc(Cl)c1Cl. The third-order valence-electron chi connectivity index (χ3n) is 2.49. The van der Waals surface area contributed by atoms with Gasteiger partial charge in [-0.1, -0.05) is 29.3 Å². The van der Waals surface area contributed by atoms with Crippen molar-refractivity contribution in [3.05, 3.63) is 40.1 Å². The summed E-state index contributed by atoms with van der Waals surface area (Å²) in [6, 6.07) is 5.97. The zero-order valence-electron chi connectivity index (χ0n) is 11.0. The molecule has 0 bridgehead atoms. The molecule has 0 fully saturated rings. The molecule has 7 nitrogen and oxygen atoms in total. The third-order valence-corrected chi connectivity index (χ3v) is 4.80. The molecule has 0 amide bonds. The van der Waals surface area contributed by atoms with Crippen LogP contribution in [0.5, 0.6) is 5.88 Å². The lowest BCUT2D eigenvalue weighted by atomic mass is 10.4. The van der Waals surface area contributed by atoms with Crippen molar-refractivity contribution in [3.63, 3.8) is 0 Å². The second kappa shape index (κ2) is 6.36. The molecule has 0 unspecified atom stereocenters. The van der Waals surface area contributed by atoms with E-state index in [4.69, 9.17) is 33.2 Å². The summed E-state index contributed by atoms with van der Waals surface area (Å²) in [5.74, 6) is -0.307. The van der Waals surface area contributed by atoms with Gasteiger partial charge in [0.1, 0.15) is 11.0 Å². The predicted molar refractivity (Wildman–Crippen MR) is 80.6 cm³/mol. The van der Waals surface area contributed by atoms with Crippen molar-refractivity contribution in [3.8, 4) is 11.9 Å². The Hall–Kier alpha value is -2.08. The number of halogens is 2. The van der Waals surface area contributed by atoms with Gasteiger partial charge in [-0.25, -0.2) is 13.4 Å². The second-order valence-electron chi connectivity index (χ2n) is 3.88. The molecular formula is C12H8Cl2N4O3S. The van der Waals surface area contributed by atoms with Crippen LogP contribution < -0.4 is 9.46 Å². The van der Waals surface area contributed by atoms with Gasteiger partial charge in [-0.3, -0.25) is 4.72 Å². The number of anilines is 1. The van der Waals surface area contributed by atoms with E-state index in [9.17, 15) is 8.42 Å². The first-order chi connectivity index (χ1) is 10.4. The van der Waals surface area contributed by atoms with Gasteiger partial charge in [0.05, 0.1) is 23.4 Å². The van der Waals surface area contributed by atoms with E-state index in [0.29, 0.717) is 0 Å². The summed E-state index contributed by atoms with van der Waals surface area (Å²) in [6.45, 7) is 0. The third kappa shape index (κ3) is 3.22. The lowest BCUT2D eigenvalue weighted by Crippen LogP contribution is -2.16. The molecule has 1 N–H and O–H groups in total. The van der Waals surface area contributed by atoms with Crippen LogP contribution in [0, 0.1) is 11.3 Å². The molecule has 114 valence electrons. The number of nitriles is 1. The van der Waals surface area contributed by atoms with Crippen molar-refractivity contribution < 1.29 is 13.2 Å². The minimum absolute atomic E-state index is 0.0133. The first-order valence-electron chi connectivity index (χ1n) is 5.67. The van der Waals surface area contributed by atoms with Gasteiger partial charge >= 0.3 is 0 Å². The van der Waals surface area contributed by atoms with Crippen LogP contribution in [-0.4, -0.2) is 25.5 Å². The Labute approximate surface area is 136 Å². The molecule has 0 radical (unpaired) electrons. The van der Waals surface area contributed by atoms with Gasteiger partial charge in [-0.05, 0) is 12.1 Å². The maximum absolute atomic E-state index is 12.4. The molecule has 0 atom stereocenters. The Morgan fingerprint density at radius 3 is 2.73 bits per heavy atom. The van der Waals surface area contributed by atoms with E-state index in [1.807, 2.05) is 0 Å². The molecule has 2 aromatic rings. The van der Waals surface area contributed by atoms with E-state index < -0.39 is 10.0 Å². The van der Waals surface area contributed by atoms with Gasteiger partial charge in [-0.2, -0.15) is 10.2 Å². The molecule has 0 aliphatic rings. The summed E-state index contributed by atoms with van der Waals surface area (Å²) >= 11 is 11.7. The van der Waals surface area contributed by atoms with E-state index in [1.54, 1.807) is 6.07 Å². The number of sulfonamides is 1. The van der Waals surface area contributed by atoms with Crippen molar-refractivity contribution in [1.82, 2.24) is 9.97 Å². The van der Waals surface area contributed by atoms with Crippen LogP contribution in [-0.2, 0) is 10.0 Å². The van der Waals surface area contributed by atoms with Gasteiger partial charge in [0.2, 0.25) is 5.82 Å². The first kappa shape index (κ1) is 16.3. The number of nitrogens with one attached hydrogen (secondary N) is 1. The average molecular weight is 359 g/mol.